The summed E-state index contributed by atoms with van der Waals surface area (Å²) in [6, 6.07) is 19.1. The van der Waals surface area contributed by atoms with E-state index in [0.29, 0.717) is 20.6 Å². The molecule has 0 aliphatic rings. The summed E-state index contributed by atoms with van der Waals surface area (Å²) in [4.78, 5) is 29.0. The SMILES string of the molecule is O=C(c1sc2ccccc2c1Cl)N(/N=C/c1ccc([N+](=O)[O-])cc1)c1nc2ccc(Br)cc2s1. The third kappa shape index (κ3) is 4.32. The number of hydrogen-bond acceptors (Lipinski definition) is 7. The van der Waals surface area contributed by atoms with Crippen LogP contribution in [0.2, 0.25) is 5.02 Å². The van der Waals surface area contributed by atoms with Crippen molar-refractivity contribution in [3.05, 3.63) is 96.8 Å². The van der Waals surface area contributed by atoms with Gasteiger partial charge in [0.15, 0.2) is 0 Å². The van der Waals surface area contributed by atoms with Gasteiger partial charge in [0.25, 0.3) is 11.6 Å². The fourth-order valence-corrected chi connectivity index (χ4v) is 6.13. The first-order chi connectivity index (χ1) is 16.4. The number of amides is 1. The minimum Gasteiger partial charge on any atom is -0.266 e. The number of non-ortho nitro benzene ring substituents is 1. The van der Waals surface area contributed by atoms with Crippen molar-refractivity contribution in [1.29, 1.82) is 0 Å². The third-order valence-electron chi connectivity index (χ3n) is 4.87. The fraction of sp³-hybridized carbons (Fsp3) is 0. The monoisotopic (exact) mass is 570 g/mol. The van der Waals surface area contributed by atoms with Crippen LogP contribution in [-0.4, -0.2) is 22.0 Å². The summed E-state index contributed by atoms with van der Waals surface area (Å²) in [5, 5.41) is 18.1. The Morgan fingerprint density at radius 3 is 2.59 bits per heavy atom. The molecule has 2 heterocycles. The van der Waals surface area contributed by atoms with Crippen molar-refractivity contribution in [1.82, 2.24) is 4.98 Å². The molecule has 0 bridgehead atoms. The number of aromatic nitrogens is 1. The van der Waals surface area contributed by atoms with Crippen LogP contribution in [0.25, 0.3) is 20.3 Å². The van der Waals surface area contributed by atoms with Crippen LogP contribution in [0.15, 0.2) is 76.3 Å². The first-order valence-electron chi connectivity index (χ1n) is 9.77. The molecular weight excluding hydrogens is 560 g/mol. The quantitative estimate of drug-likeness (QED) is 0.124. The number of rotatable bonds is 5. The van der Waals surface area contributed by atoms with E-state index in [9.17, 15) is 14.9 Å². The molecule has 0 unspecified atom stereocenters. The first kappa shape index (κ1) is 22.6. The third-order valence-corrected chi connectivity index (χ3v) is 8.02. The number of nitrogens with zero attached hydrogens (tertiary/aromatic N) is 4. The molecule has 5 aromatic rings. The maximum atomic E-state index is 13.7. The van der Waals surface area contributed by atoms with Gasteiger partial charge in [0.2, 0.25) is 5.13 Å². The van der Waals surface area contributed by atoms with Crippen LogP contribution in [0.3, 0.4) is 0 Å². The average Bonchev–Trinajstić information content (AvgIpc) is 3.40. The fourth-order valence-electron chi connectivity index (χ4n) is 3.22. The molecule has 0 aliphatic carbocycles. The van der Waals surface area contributed by atoms with E-state index >= 15 is 0 Å². The highest BCUT2D eigenvalue weighted by Gasteiger charge is 2.26. The topological polar surface area (TPSA) is 88.7 Å². The van der Waals surface area contributed by atoms with Crippen molar-refractivity contribution >= 4 is 93.4 Å². The molecule has 0 radical (unpaired) electrons. The van der Waals surface area contributed by atoms with Gasteiger partial charge in [-0.2, -0.15) is 10.1 Å². The van der Waals surface area contributed by atoms with Gasteiger partial charge in [0, 0.05) is 26.7 Å². The average molecular weight is 572 g/mol. The molecule has 0 spiro atoms. The van der Waals surface area contributed by atoms with Crippen LogP contribution in [0.1, 0.15) is 15.2 Å². The van der Waals surface area contributed by atoms with Crippen molar-refractivity contribution in [2.75, 3.05) is 5.01 Å². The van der Waals surface area contributed by atoms with Crippen molar-refractivity contribution in [2.45, 2.75) is 0 Å². The van der Waals surface area contributed by atoms with E-state index in [0.717, 1.165) is 24.8 Å². The van der Waals surface area contributed by atoms with E-state index in [2.05, 4.69) is 26.0 Å². The van der Waals surface area contributed by atoms with Crippen molar-refractivity contribution < 1.29 is 9.72 Å². The highest BCUT2D eigenvalue weighted by Crippen LogP contribution is 2.38. The van der Waals surface area contributed by atoms with Crippen LogP contribution < -0.4 is 5.01 Å². The molecule has 11 heteroatoms. The molecule has 0 saturated carbocycles. The minimum absolute atomic E-state index is 0.0288. The number of fused-ring (bicyclic) bond motifs is 2. The molecular formula is C23H12BrClN4O3S2. The predicted octanol–water partition coefficient (Wildman–Crippen LogP) is 7.52. The van der Waals surface area contributed by atoms with Gasteiger partial charge in [-0.25, -0.2) is 4.98 Å². The number of nitro groups is 1. The van der Waals surface area contributed by atoms with Gasteiger partial charge in [0.05, 0.1) is 26.4 Å². The highest BCUT2D eigenvalue weighted by atomic mass is 79.9. The molecule has 1 amide bonds. The summed E-state index contributed by atoms with van der Waals surface area (Å²) in [7, 11) is 0. The van der Waals surface area contributed by atoms with E-state index < -0.39 is 10.8 Å². The number of carbonyl (C=O) groups is 1. The van der Waals surface area contributed by atoms with Gasteiger partial charge in [-0.05, 0) is 42.0 Å². The molecule has 168 valence electrons. The summed E-state index contributed by atoms with van der Waals surface area (Å²) >= 11 is 12.6. The second-order valence-electron chi connectivity index (χ2n) is 7.06. The smallest absolute Gasteiger partial charge is 0.266 e. The molecule has 0 saturated heterocycles. The molecule has 3 aromatic carbocycles. The molecule has 0 N–H and O–H groups in total. The Hall–Kier alpha value is -3.18. The van der Waals surface area contributed by atoms with E-state index in [1.807, 2.05) is 42.5 Å². The number of halogens is 2. The Labute approximate surface area is 214 Å². The van der Waals surface area contributed by atoms with Gasteiger partial charge in [-0.1, -0.05) is 57.1 Å². The second kappa shape index (κ2) is 9.22. The van der Waals surface area contributed by atoms with Crippen molar-refractivity contribution in [2.24, 2.45) is 5.10 Å². The van der Waals surface area contributed by atoms with Crippen LogP contribution in [-0.2, 0) is 0 Å². The lowest BCUT2D eigenvalue weighted by Crippen LogP contribution is -2.25. The zero-order chi connectivity index (χ0) is 23.8. The molecule has 34 heavy (non-hydrogen) atoms. The maximum absolute atomic E-state index is 13.7. The zero-order valence-electron chi connectivity index (χ0n) is 17.0. The van der Waals surface area contributed by atoms with Crippen molar-refractivity contribution in [3.8, 4) is 0 Å². The maximum Gasteiger partial charge on any atom is 0.292 e. The second-order valence-corrected chi connectivity index (χ2v) is 10.4. The highest BCUT2D eigenvalue weighted by molar-refractivity contribution is 9.10. The lowest BCUT2D eigenvalue weighted by molar-refractivity contribution is -0.384. The molecule has 2 aromatic heterocycles. The molecule has 0 atom stereocenters. The van der Waals surface area contributed by atoms with E-state index in [-0.39, 0.29) is 5.69 Å². The summed E-state index contributed by atoms with van der Waals surface area (Å²) in [6.45, 7) is 0. The standard InChI is InChI=1S/C23H12BrClN4O3S2/c24-14-7-10-17-19(11-14)34-23(27-17)28(26-12-13-5-8-15(9-6-13)29(31)32)22(30)21-20(25)16-3-1-2-4-18(16)33-21/h1-12H/b26-12+. The molecule has 5 rings (SSSR count). The number of anilines is 1. The molecule has 0 fully saturated rings. The lowest BCUT2D eigenvalue weighted by Gasteiger charge is -2.13. The zero-order valence-corrected chi connectivity index (χ0v) is 21.0. The Morgan fingerprint density at radius 1 is 1.09 bits per heavy atom. The molecule has 7 nitrogen and oxygen atoms in total. The normalized spacial score (nSPS) is 11.5. The molecule has 0 aliphatic heterocycles. The Morgan fingerprint density at radius 2 is 1.85 bits per heavy atom. The van der Waals surface area contributed by atoms with Gasteiger partial charge in [-0.15, -0.1) is 11.3 Å². The number of hydrazone groups is 1. The summed E-state index contributed by atoms with van der Waals surface area (Å²) in [5.41, 5.74) is 1.29. The largest absolute Gasteiger partial charge is 0.292 e. The number of carbonyl (C=O) groups excluding carboxylic acids is 1. The summed E-state index contributed by atoms with van der Waals surface area (Å²) in [5.74, 6) is -0.414. The first-order valence-corrected chi connectivity index (χ1v) is 12.6. The number of benzene rings is 3. The van der Waals surface area contributed by atoms with Crippen LogP contribution in [0.4, 0.5) is 10.8 Å². The van der Waals surface area contributed by atoms with Crippen LogP contribution in [0.5, 0.6) is 0 Å². The van der Waals surface area contributed by atoms with Gasteiger partial charge in [-0.3, -0.25) is 14.9 Å². The van der Waals surface area contributed by atoms with Crippen molar-refractivity contribution in [3.63, 3.8) is 0 Å². The lowest BCUT2D eigenvalue weighted by atomic mass is 10.2. The predicted molar refractivity (Wildman–Crippen MR) is 142 cm³/mol. The Bertz CT molecular complexity index is 1600. The van der Waals surface area contributed by atoms with Gasteiger partial charge in [0.1, 0.15) is 4.88 Å². The summed E-state index contributed by atoms with van der Waals surface area (Å²) < 4.78 is 2.67. The van der Waals surface area contributed by atoms with Gasteiger partial charge >= 0.3 is 0 Å². The van der Waals surface area contributed by atoms with E-state index in [1.54, 1.807) is 12.1 Å². The number of thiazole rings is 1. The Kier molecular flexibility index (Phi) is 6.13. The van der Waals surface area contributed by atoms with Crippen LogP contribution >= 0.6 is 50.2 Å². The van der Waals surface area contributed by atoms with Gasteiger partial charge < -0.3 is 0 Å². The van der Waals surface area contributed by atoms with E-state index in [4.69, 9.17) is 11.6 Å². The summed E-state index contributed by atoms with van der Waals surface area (Å²) in [6.07, 6.45) is 1.46. The Balaban J connectivity index is 1.58. The number of nitro benzene ring substituents is 1. The van der Waals surface area contributed by atoms with Crippen LogP contribution in [0, 0.1) is 10.1 Å². The minimum atomic E-state index is -0.473. The van der Waals surface area contributed by atoms with E-state index in [1.165, 1.54) is 46.0 Å². The number of hydrogen-bond donors (Lipinski definition) is 0. The number of thiophene rings is 1.